The quantitative estimate of drug-likeness (QED) is 0.745. The van der Waals surface area contributed by atoms with E-state index in [0.29, 0.717) is 5.56 Å². The summed E-state index contributed by atoms with van der Waals surface area (Å²) in [7, 11) is 0. The van der Waals surface area contributed by atoms with Gasteiger partial charge in [-0.1, -0.05) is 32.0 Å². The van der Waals surface area contributed by atoms with E-state index in [9.17, 15) is 14.4 Å². The number of carbonyl (C=O) groups is 3. The minimum atomic E-state index is -0.816. The number of hydrogen-bond acceptors (Lipinski definition) is 4. The smallest absolute Gasteiger partial charge is 0.329 e. The molecule has 0 unspecified atom stereocenters. The van der Waals surface area contributed by atoms with E-state index >= 15 is 0 Å². The average Bonchev–Trinajstić information content (AvgIpc) is 2.49. The van der Waals surface area contributed by atoms with Crippen LogP contribution in [-0.2, 0) is 14.3 Å². The minimum absolute atomic E-state index is 0.0298. The summed E-state index contributed by atoms with van der Waals surface area (Å²) < 4.78 is 5.03. The van der Waals surface area contributed by atoms with Crippen LogP contribution in [0.4, 0.5) is 0 Å². The highest BCUT2D eigenvalue weighted by Gasteiger charge is 2.27. The van der Waals surface area contributed by atoms with Crippen LogP contribution in [-0.4, -0.2) is 36.5 Å². The molecular weight excluding hydrogens is 308 g/mol. The van der Waals surface area contributed by atoms with Gasteiger partial charge >= 0.3 is 5.97 Å². The van der Waals surface area contributed by atoms with E-state index in [2.05, 4.69) is 10.6 Å². The van der Waals surface area contributed by atoms with Gasteiger partial charge in [0.05, 0.1) is 0 Å². The van der Waals surface area contributed by atoms with Gasteiger partial charge in [0.1, 0.15) is 6.04 Å². The van der Waals surface area contributed by atoms with Crippen LogP contribution in [0.3, 0.4) is 0 Å². The molecule has 0 radical (unpaired) electrons. The summed E-state index contributed by atoms with van der Waals surface area (Å²) in [5.41, 5.74) is 1.33. The number of aryl methyl sites for hydroxylation is 1. The van der Waals surface area contributed by atoms with Gasteiger partial charge in [-0.3, -0.25) is 9.59 Å². The third-order valence-electron chi connectivity index (χ3n) is 3.39. The Labute approximate surface area is 143 Å². The predicted octanol–water partition coefficient (Wildman–Crippen LogP) is 1.82. The van der Waals surface area contributed by atoms with E-state index < -0.39 is 12.0 Å². The second-order valence-electron chi connectivity index (χ2n) is 6.34. The summed E-state index contributed by atoms with van der Waals surface area (Å²) in [6.45, 7) is 8.71. The molecule has 0 aliphatic rings. The lowest BCUT2D eigenvalue weighted by Crippen LogP contribution is -2.46. The topological polar surface area (TPSA) is 84.5 Å². The van der Waals surface area contributed by atoms with Gasteiger partial charge in [0, 0.05) is 11.6 Å². The number of esters is 1. The molecular formula is C18H26N2O4. The number of benzene rings is 1. The van der Waals surface area contributed by atoms with Crippen LogP contribution in [0.25, 0.3) is 0 Å². The van der Waals surface area contributed by atoms with Gasteiger partial charge in [0.15, 0.2) is 6.61 Å². The van der Waals surface area contributed by atoms with Crippen molar-refractivity contribution in [2.45, 2.75) is 46.7 Å². The zero-order chi connectivity index (χ0) is 18.3. The maximum atomic E-state index is 12.4. The number of rotatable bonds is 7. The molecule has 0 fully saturated rings. The molecule has 24 heavy (non-hydrogen) atoms. The van der Waals surface area contributed by atoms with Gasteiger partial charge < -0.3 is 15.4 Å². The molecule has 1 rings (SSSR count). The van der Waals surface area contributed by atoms with E-state index in [0.717, 1.165) is 5.56 Å². The maximum Gasteiger partial charge on any atom is 0.329 e. The normalized spacial score (nSPS) is 12.0. The van der Waals surface area contributed by atoms with Crippen LogP contribution < -0.4 is 10.6 Å². The standard InChI is InChI=1S/C18H26N2O4/c1-11(2)16(18(23)24-10-15(21)19-12(3)4)20-17(22)14-9-7-6-8-13(14)5/h6-9,11-12,16H,10H2,1-5H3,(H,19,21)(H,20,22)/t16-/m0/s1. The highest BCUT2D eigenvalue weighted by atomic mass is 16.5. The molecule has 0 aliphatic carbocycles. The molecule has 1 aromatic carbocycles. The Morgan fingerprint density at radius 2 is 1.67 bits per heavy atom. The van der Waals surface area contributed by atoms with Crippen LogP contribution >= 0.6 is 0 Å². The first kappa shape index (κ1) is 19.7. The van der Waals surface area contributed by atoms with Crippen molar-refractivity contribution in [2.24, 2.45) is 5.92 Å². The Morgan fingerprint density at radius 3 is 2.21 bits per heavy atom. The zero-order valence-electron chi connectivity index (χ0n) is 14.9. The van der Waals surface area contributed by atoms with Crippen LogP contribution in [0, 0.1) is 12.8 Å². The van der Waals surface area contributed by atoms with E-state index in [1.807, 2.05) is 32.9 Å². The largest absolute Gasteiger partial charge is 0.454 e. The Balaban J connectivity index is 2.70. The van der Waals surface area contributed by atoms with Gasteiger partial charge in [0.2, 0.25) is 0 Å². The lowest BCUT2D eigenvalue weighted by atomic mass is 10.0. The Bertz CT molecular complexity index is 596. The van der Waals surface area contributed by atoms with Gasteiger partial charge in [-0.25, -0.2) is 4.79 Å². The molecule has 0 saturated heterocycles. The van der Waals surface area contributed by atoms with Gasteiger partial charge in [-0.05, 0) is 38.3 Å². The number of carbonyl (C=O) groups excluding carboxylic acids is 3. The maximum absolute atomic E-state index is 12.4. The number of nitrogens with one attached hydrogen (secondary N) is 2. The van der Waals surface area contributed by atoms with E-state index in [1.54, 1.807) is 26.0 Å². The number of amides is 2. The number of hydrogen-bond donors (Lipinski definition) is 2. The predicted molar refractivity (Wildman–Crippen MR) is 91.5 cm³/mol. The summed E-state index contributed by atoms with van der Waals surface area (Å²) in [5.74, 6) is -1.49. The van der Waals surface area contributed by atoms with E-state index in [4.69, 9.17) is 4.74 Å². The second kappa shape index (κ2) is 9.05. The molecule has 2 N–H and O–H groups in total. The third-order valence-corrected chi connectivity index (χ3v) is 3.39. The first-order chi connectivity index (χ1) is 11.2. The zero-order valence-corrected chi connectivity index (χ0v) is 14.9. The molecule has 0 saturated carbocycles. The van der Waals surface area contributed by atoms with Crippen molar-refractivity contribution in [3.63, 3.8) is 0 Å². The van der Waals surface area contributed by atoms with Crippen LogP contribution in [0.1, 0.15) is 43.6 Å². The molecule has 1 aromatic rings. The van der Waals surface area contributed by atoms with Crippen molar-refractivity contribution < 1.29 is 19.1 Å². The average molecular weight is 334 g/mol. The Hall–Kier alpha value is -2.37. The molecule has 0 aromatic heterocycles. The summed E-state index contributed by atoms with van der Waals surface area (Å²) in [6.07, 6.45) is 0. The van der Waals surface area contributed by atoms with Crippen LogP contribution in [0.5, 0.6) is 0 Å². The van der Waals surface area contributed by atoms with E-state index in [1.165, 1.54) is 0 Å². The Morgan fingerprint density at radius 1 is 1.04 bits per heavy atom. The van der Waals surface area contributed by atoms with Gasteiger partial charge in [-0.15, -0.1) is 0 Å². The fourth-order valence-electron chi connectivity index (χ4n) is 2.13. The second-order valence-corrected chi connectivity index (χ2v) is 6.34. The molecule has 132 valence electrons. The lowest BCUT2D eigenvalue weighted by Gasteiger charge is -2.21. The molecule has 0 heterocycles. The van der Waals surface area contributed by atoms with Crippen molar-refractivity contribution in [2.75, 3.05) is 6.61 Å². The molecule has 0 spiro atoms. The van der Waals surface area contributed by atoms with Crippen molar-refractivity contribution in [1.82, 2.24) is 10.6 Å². The van der Waals surface area contributed by atoms with Crippen LogP contribution in [0.2, 0.25) is 0 Å². The molecule has 1 atom stereocenters. The molecule has 0 bridgehead atoms. The van der Waals surface area contributed by atoms with E-state index in [-0.39, 0.29) is 30.4 Å². The van der Waals surface area contributed by atoms with Crippen molar-refractivity contribution in [3.05, 3.63) is 35.4 Å². The highest BCUT2D eigenvalue weighted by molar-refractivity contribution is 5.98. The summed E-state index contributed by atoms with van der Waals surface area (Å²) in [6, 6.07) is 6.29. The Kier molecular flexibility index (Phi) is 7.42. The molecule has 2 amide bonds. The first-order valence-electron chi connectivity index (χ1n) is 8.04. The van der Waals surface area contributed by atoms with Gasteiger partial charge in [-0.2, -0.15) is 0 Å². The third kappa shape index (κ3) is 6.02. The summed E-state index contributed by atoms with van der Waals surface area (Å²) >= 11 is 0. The minimum Gasteiger partial charge on any atom is -0.454 e. The fraction of sp³-hybridized carbons (Fsp3) is 0.500. The summed E-state index contributed by atoms with van der Waals surface area (Å²) in [4.78, 5) is 36.1. The van der Waals surface area contributed by atoms with Crippen molar-refractivity contribution in [1.29, 1.82) is 0 Å². The van der Waals surface area contributed by atoms with Crippen LogP contribution in [0.15, 0.2) is 24.3 Å². The fourth-order valence-corrected chi connectivity index (χ4v) is 2.13. The van der Waals surface area contributed by atoms with Crippen molar-refractivity contribution >= 4 is 17.8 Å². The number of ether oxygens (including phenoxy) is 1. The molecule has 6 heteroatoms. The summed E-state index contributed by atoms with van der Waals surface area (Å²) in [5, 5.41) is 5.33. The monoisotopic (exact) mass is 334 g/mol. The van der Waals surface area contributed by atoms with Gasteiger partial charge in [0.25, 0.3) is 11.8 Å². The SMILES string of the molecule is Cc1ccccc1C(=O)N[C@H](C(=O)OCC(=O)NC(C)C)C(C)C. The molecule has 6 nitrogen and oxygen atoms in total. The molecule has 0 aliphatic heterocycles. The lowest BCUT2D eigenvalue weighted by molar-refractivity contribution is -0.151. The van der Waals surface area contributed by atoms with Crippen molar-refractivity contribution in [3.8, 4) is 0 Å². The highest BCUT2D eigenvalue weighted by Crippen LogP contribution is 2.10. The first-order valence-corrected chi connectivity index (χ1v) is 8.04.